The van der Waals surface area contributed by atoms with E-state index in [9.17, 15) is 18.8 Å². The maximum absolute atomic E-state index is 13.3. The smallest absolute Gasteiger partial charge is 0.337 e. The molecule has 1 aliphatic heterocycles. The van der Waals surface area contributed by atoms with Gasteiger partial charge in [0, 0.05) is 5.56 Å². The number of benzene rings is 2. The molecule has 9 heteroatoms. The van der Waals surface area contributed by atoms with Gasteiger partial charge in [0.1, 0.15) is 22.9 Å². The predicted octanol–water partition coefficient (Wildman–Crippen LogP) is 4.01. The topological polar surface area (TPSA) is 88.9 Å². The third-order valence-corrected chi connectivity index (χ3v) is 5.31. The largest absolute Gasteiger partial charge is 0.465 e. The Morgan fingerprint density at radius 2 is 1.85 bits per heavy atom. The minimum absolute atomic E-state index is 0.107. The fourth-order valence-corrected chi connectivity index (χ4v) is 3.61. The zero-order valence-corrected chi connectivity index (χ0v) is 18.4. The van der Waals surface area contributed by atoms with Crippen LogP contribution in [0.1, 0.15) is 21.7 Å². The molecule has 1 saturated heterocycles. The number of thiocarbonyl (C=S) groups is 1. The molecule has 166 valence electrons. The molecule has 0 saturated carbocycles. The number of anilines is 1. The highest BCUT2D eigenvalue weighted by Gasteiger charge is 2.34. The number of amides is 2. The molecule has 1 N–H and O–H groups in total. The van der Waals surface area contributed by atoms with Gasteiger partial charge in [0.05, 0.1) is 18.4 Å². The fraction of sp³-hybridized carbons (Fsp3) is 0.0833. The van der Waals surface area contributed by atoms with Crippen molar-refractivity contribution in [1.29, 1.82) is 0 Å². The number of esters is 1. The van der Waals surface area contributed by atoms with Crippen molar-refractivity contribution in [1.82, 2.24) is 5.32 Å². The number of halogens is 1. The Morgan fingerprint density at radius 3 is 2.55 bits per heavy atom. The van der Waals surface area contributed by atoms with Crippen LogP contribution in [-0.2, 0) is 14.3 Å². The van der Waals surface area contributed by atoms with Crippen molar-refractivity contribution in [2.75, 3.05) is 12.0 Å². The first-order valence-corrected chi connectivity index (χ1v) is 10.2. The van der Waals surface area contributed by atoms with Gasteiger partial charge in [-0.05, 0) is 79.3 Å². The van der Waals surface area contributed by atoms with E-state index in [2.05, 4.69) is 5.32 Å². The normalized spacial score (nSPS) is 15.1. The first-order chi connectivity index (χ1) is 15.8. The maximum Gasteiger partial charge on any atom is 0.337 e. The van der Waals surface area contributed by atoms with E-state index in [0.717, 1.165) is 10.5 Å². The molecular formula is C24H17FN2O5S. The summed E-state index contributed by atoms with van der Waals surface area (Å²) in [6, 6.07) is 13.5. The van der Waals surface area contributed by atoms with Crippen LogP contribution in [0.2, 0.25) is 0 Å². The van der Waals surface area contributed by atoms with Gasteiger partial charge in [-0.3, -0.25) is 19.8 Å². The van der Waals surface area contributed by atoms with E-state index in [4.69, 9.17) is 21.4 Å². The minimum atomic E-state index is -0.676. The molecule has 3 aromatic rings. The molecule has 0 radical (unpaired) electrons. The van der Waals surface area contributed by atoms with E-state index < -0.39 is 23.6 Å². The zero-order chi connectivity index (χ0) is 23.7. The highest BCUT2D eigenvalue weighted by Crippen LogP contribution is 2.29. The predicted molar refractivity (Wildman–Crippen MR) is 123 cm³/mol. The van der Waals surface area contributed by atoms with Crippen molar-refractivity contribution < 1.29 is 27.9 Å². The number of hydrogen-bond donors (Lipinski definition) is 1. The van der Waals surface area contributed by atoms with Crippen molar-refractivity contribution in [3.05, 3.63) is 82.9 Å². The van der Waals surface area contributed by atoms with Crippen molar-refractivity contribution in [3.63, 3.8) is 0 Å². The Hall–Kier alpha value is -4.11. The van der Waals surface area contributed by atoms with Crippen LogP contribution in [-0.4, -0.2) is 30.0 Å². The molecule has 0 spiro atoms. The molecule has 4 rings (SSSR count). The Bertz CT molecular complexity index is 1330. The van der Waals surface area contributed by atoms with Crippen LogP contribution < -0.4 is 10.2 Å². The first-order valence-electron chi connectivity index (χ1n) is 9.74. The van der Waals surface area contributed by atoms with Gasteiger partial charge < -0.3 is 9.15 Å². The molecule has 2 amide bonds. The standard InChI is InChI=1S/C24H17FN2O5S/c1-13-3-4-14(23(30)31-2)11-18(13)20-10-9-17(32-20)12-19-21(28)26-24(33)27(22(19)29)16-7-5-15(25)6-8-16/h3-12H,1-2H3,(H,26,28,33)/b19-12-. The van der Waals surface area contributed by atoms with Crippen molar-refractivity contribution in [2.24, 2.45) is 0 Å². The summed E-state index contributed by atoms with van der Waals surface area (Å²) in [4.78, 5) is 38.5. The molecule has 0 bridgehead atoms. The summed E-state index contributed by atoms with van der Waals surface area (Å²) in [6.45, 7) is 1.86. The molecule has 0 atom stereocenters. The number of carbonyl (C=O) groups is 3. The number of rotatable bonds is 4. The molecule has 1 fully saturated rings. The van der Waals surface area contributed by atoms with Crippen LogP contribution in [0.25, 0.3) is 17.4 Å². The van der Waals surface area contributed by atoms with Crippen LogP contribution in [0.3, 0.4) is 0 Å². The zero-order valence-electron chi connectivity index (χ0n) is 17.5. The molecule has 0 aliphatic carbocycles. The van der Waals surface area contributed by atoms with Gasteiger partial charge in [-0.1, -0.05) is 6.07 Å². The van der Waals surface area contributed by atoms with Crippen LogP contribution in [0, 0.1) is 12.7 Å². The van der Waals surface area contributed by atoms with Crippen LogP contribution in [0.15, 0.2) is 64.6 Å². The Labute approximate surface area is 193 Å². The molecular weight excluding hydrogens is 447 g/mol. The second-order valence-electron chi connectivity index (χ2n) is 7.16. The summed E-state index contributed by atoms with van der Waals surface area (Å²) in [7, 11) is 1.30. The summed E-state index contributed by atoms with van der Waals surface area (Å²) < 4.78 is 23.9. The monoisotopic (exact) mass is 464 g/mol. The van der Waals surface area contributed by atoms with Gasteiger partial charge in [-0.2, -0.15) is 0 Å². The highest BCUT2D eigenvalue weighted by molar-refractivity contribution is 7.80. The van der Waals surface area contributed by atoms with Gasteiger partial charge in [0.15, 0.2) is 5.11 Å². The molecule has 0 unspecified atom stereocenters. The van der Waals surface area contributed by atoms with Crippen molar-refractivity contribution in [3.8, 4) is 11.3 Å². The number of furan rings is 1. The average Bonchev–Trinajstić information content (AvgIpc) is 3.26. The lowest BCUT2D eigenvalue weighted by molar-refractivity contribution is -0.122. The lowest BCUT2D eigenvalue weighted by atomic mass is 10.0. The van der Waals surface area contributed by atoms with E-state index >= 15 is 0 Å². The van der Waals surface area contributed by atoms with Gasteiger partial charge in [0.2, 0.25) is 0 Å². The third kappa shape index (κ3) is 4.31. The Balaban J connectivity index is 1.68. The molecule has 33 heavy (non-hydrogen) atoms. The van der Waals surface area contributed by atoms with Crippen LogP contribution in [0.4, 0.5) is 10.1 Å². The second-order valence-corrected chi connectivity index (χ2v) is 7.54. The summed E-state index contributed by atoms with van der Waals surface area (Å²) in [5.74, 6) is -1.60. The molecule has 1 aliphatic rings. The van der Waals surface area contributed by atoms with Crippen LogP contribution in [0.5, 0.6) is 0 Å². The Morgan fingerprint density at radius 1 is 1.12 bits per heavy atom. The maximum atomic E-state index is 13.3. The highest BCUT2D eigenvalue weighted by atomic mass is 32.1. The van der Waals surface area contributed by atoms with Crippen molar-refractivity contribution >= 4 is 46.9 Å². The number of hydrogen-bond acceptors (Lipinski definition) is 6. The summed E-state index contributed by atoms with van der Waals surface area (Å²) in [5, 5.41) is 2.35. The average molecular weight is 464 g/mol. The lowest BCUT2D eigenvalue weighted by Crippen LogP contribution is -2.54. The summed E-state index contributed by atoms with van der Waals surface area (Å²) >= 11 is 5.13. The van der Waals surface area contributed by atoms with Gasteiger partial charge in [-0.25, -0.2) is 9.18 Å². The molecule has 2 heterocycles. The number of nitrogens with one attached hydrogen (secondary N) is 1. The number of aryl methyl sites for hydroxylation is 1. The van der Waals surface area contributed by atoms with Gasteiger partial charge >= 0.3 is 5.97 Å². The molecule has 1 aromatic heterocycles. The first kappa shape index (κ1) is 22.1. The summed E-state index contributed by atoms with van der Waals surface area (Å²) in [6.07, 6.45) is 1.30. The van der Waals surface area contributed by atoms with Crippen molar-refractivity contribution in [2.45, 2.75) is 6.92 Å². The lowest BCUT2D eigenvalue weighted by Gasteiger charge is -2.28. The number of nitrogens with zero attached hydrogens (tertiary/aromatic N) is 1. The number of carbonyl (C=O) groups excluding carboxylic acids is 3. The number of methoxy groups -OCH3 is 1. The fourth-order valence-electron chi connectivity index (χ4n) is 3.33. The van der Waals surface area contributed by atoms with Gasteiger partial charge in [0.25, 0.3) is 11.8 Å². The quantitative estimate of drug-likeness (QED) is 0.272. The minimum Gasteiger partial charge on any atom is -0.465 e. The SMILES string of the molecule is COC(=O)c1ccc(C)c(-c2ccc(/C=C3/C(=O)NC(=S)N(c4ccc(F)cc4)C3=O)o2)c1. The third-order valence-electron chi connectivity index (χ3n) is 5.02. The van der Waals surface area contributed by atoms with E-state index in [1.807, 2.05) is 6.92 Å². The van der Waals surface area contributed by atoms with E-state index in [-0.39, 0.29) is 16.4 Å². The van der Waals surface area contributed by atoms with E-state index in [1.165, 1.54) is 37.5 Å². The summed E-state index contributed by atoms with van der Waals surface area (Å²) in [5.41, 5.74) is 1.99. The number of ether oxygens (including phenoxy) is 1. The molecule has 2 aromatic carbocycles. The van der Waals surface area contributed by atoms with E-state index in [1.54, 1.807) is 30.3 Å². The molecule has 7 nitrogen and oxygen atoms in total. The van der Waals surface area contributed by atoms with E-state index in [0.29, 0.717) is 22.6 Å². The van der Waals surface area contributed by atoms with Gasteiger partial charge in [-0.15, -0.1) is 0 Å². The Kier molecular flexibility index (Phi) is 5.89. The second kappa shape index (κ2) is 8.79. The van der Waals surface area contributed by atoms with Crippen LogP contribution >= 0.6 is 12.2 Å².